The molecule has 0 aliphatic carbocycles. The van der Waals surface area contributed by atoms with Crippen LogP contribution in [0.25, 0.3) is 0 Å². The number of piperidine rings is 1. The Bertz CT molecular complexity index is 627. The van der Waals surface area contributed by atoms with Gasteiger partial charge in [0.05, 0.1) is 6.61 Å². The minimum Gasteiger partial charge on any atom is -0.377 e. The van der Waals surface area contributed by atoms with Crippen molar-refractivity contribution in [2.75, 3.05) is 13.2 Å². The van der Waals surface area contributed by atoms with Crippen LogP contribution < -0.4 is 0 Å². The average Bonchev–Trinajstić information content (AvgIpc) is 2.63. The van der Waals surface area contributed by atoms with E-state index in [1.54, 1.807) is 0 Å². The summed E-state index contributed by atoms with van der Waals surface area (Å²) < 4.78 is 5.75. The first-order valence-electron chi connectivity index (χ1n) is 8.77. The maximum atomic E-state index is 12.7. The monoisotopic (exact) mass is 323 g/mol. The molecule has 1 amide bonds. The summed E-state index contributed by atoms with van der Waals surface area (Å²) in [6.07, 6.45) is 2.89. The van der Waals surface area contributed by atoms with Crippen molar-refractivity contribution in [3.8, 4) is 0 Å². The van der Waals surface area contributed by atoms with E-state index in [4.69, 9.17) is 4.74 Å². The molecule has 0 spiro atoms. The third kappa shape index (κ3) is 4.68. The molecule has 3 nitrogen and oxygen atoms in total. The molecule has 24 heavy (non-hydrogen) atoms. The Balaban J connectivity index is 1.44. The number of benzene rings is 2. The molecule has 1 saturated heterocycles. The SMILES string of the molecule is O=C1C(CCOCc2ccccc2)CCCN1Cc1ccccc1. The highest BCUT2D eigenvalue weighted by Crippen LogP contribution is 2.23. The van der Waals surface area contributed by atoms with E-state index in [2.05, 4.69) is 24.3 Å². The summed E-state index contributed by atoms with van der Waals surface area (Å²) in [4.78, 5) is 14.7. The van der Waals surface area contributed by atoms with Gasteiger partial charge in [-0.05, 0) is 30.4 Å². The molecule has 2 aromatic rings. The van der Waals surface area contributed by atoms with Crippen molar-refractivity contribution < 1.29 is 9.53 Å². The molecule has 3 rings (SSSR count). The van der Waals surface area contributed by atoms with E-state index in [1.807, 2.05) is 41.3 Å². The van der Waals surface area contributed by atoms with E-state index in [0.29, 0.717) is 13.2 Å². The second kappa shape index (κ2) is 8.65. The molecule has 1 heterocycles. The highest BCUT2D eigenvalue weighted by Gasteiger charge is 2.28. The third-order valence-corrected chi connectivity index (χ3v) is 4.58. The van der Waals surface area contributed by atoms with Gasteiger partial charge in [0.1, 0.15) is 0 Å². The van der Waals surface area contributed by atoms with Gasteiger partial charge in [0.25, 0.3) is 0 Å². The number of rotatable bonds is 7. The molecule has 0 saturated carbocycles. The van der Waals surface area contributed by atoms with Gasteiger partial charge in [-0.1, -0.05) is 60.7 Å². The fraction of sp³-hybridized carbons (Fsp3) is 0.381. The van der Waals surface area contributed by atoms with Crippen LogP contribution >= 0.6 is 0 Å². The lowest BCUT2D eigenvalue weighted by atomic mass is 9.94. The van der Waals surface area contributed by atoms with Crippen molar-refractivity contribution >= 4 is 5.91 Å². The van der Waals surface area contributed by atoms with Crippen molar-refractivity contribution in [2.45, 2.75) is 32.4 Å². The van der Waals surface area contributed by atoms with Crippen LogP contribution in [0.5, 0.6) is 0 Å². The van der Waals surface area contributed by atoms with Crippen LogP contribution in [0.3, 0.4) is 0 Å². The van der Waals surface area contributed by atoms with Crippen LogP contribution in [0.15, 0.2) is 60.7 Å². The fourth-order valence-corrected chi connectivity index (χ4v) is 3.24. The molecular formula is C21H25NO2. The van der Waals surface area contributed by atoms with Crippen molar-refractivity contribution in [1.29, 1.82) is 0 Å². The predicted octanol–water partition coefficient (Wildman–Crippen LogP) is 4.03. The Morgan fingerprint density at radius 1 is 0.958 bits per heavy atom. The second-order valence-electron chi connectivity index (χ2n) is 6.41. The summed E-state index contributed by atoms with van der Waals surface area (Å²) in [5, 5.41) is 0. The Morgan fingerprint density at radius 2 is 1.62 bits per heavy atom. The average molecular weight is 323 g/mol. The molecule has 0 radical (unpaired) electrons. The molecule has 0 N–H and O–H groups in total. The first-order valence-corrected chi connectivity index (χ1v) is 8.77. The highest BCUT2D eigenvalue weighted by atomic mass is 16.5. The number of amides is 1. The maximum absolute atomic E-state index is 12.7. The summed E-state index contributed by atoms with van der Waals surface area (Å²) >= 11 is 0. The Hall–Kier alpha value is -2.13. The highest BCUT2D eigenvalue weighted by molar-refractivity contribution is 5.79. The lowest BCUT2D eigenvalue weighted by Gasteiger charge is -2.32. The molecular weight excluding hydrogens is 298 g/mol. The van der Waals surface area contributed by atoms with Gasteiger partial charge in [-0.3, -0.25) is 4.79 Å². The summed E-state index contributed by atoms with van der Waals surface area (Å²) in [7, 11) is 0. The molecule has 0 aromatic heterocycles. The zero-order valence-corrected chi connectivity index (χ0v) is 14.1. The smallest absolute Gasteiger partial charge is 0.226 e. The minimum absolute atomic E-state index is 0.109. The number of likely N-dealkylation sites (tertiary alicyclic amines) is 1. The molecule has 2 aromatic carbocycles. The molecule has 1 fully saturated rings. The van der Waals surface area contributed by atoms with E-state index < -0.39 is 0 Å². The predicted molar refractivity (Wildman–Crippen MR) is 95.3 cm³/mol. The van der Waals surface area contributed by atoms with Gasteiger partial charge in [-0.15, -0.1) is 0 Å². The lowest BCUT2D eigenvalue weighted by Crippen LogP contribution is -2.41. The number of ether oxygens (including phenoxy) is 1. The largest absolute Gasteiger partial charge is 0.377 e. The minimum atomic E-state index is 0.109. The van der Waals surface area contributed by atoms with Gasteiger partial charge in [0, 0.05) is 25.6 Å². The Labute approximate surface area is 144 Å². The molecule has 1 atom stereocenters. The third-order valence-electron chi connectivity index (χ3n) is 4.58. The summed E-state index contributed by atoms with van der Waals surface area (Å²) in [6.45, 7) is 2.86. The van der Waals surface area contributed by atoms with Gasteiger partial charge in [-0.2, -0.15) is 0 Å². The molecule has 126 valence electrons. The lowest BCUT2D eigenvalue weighted by molar-refractivity contribution is -0.139. The quantitative estimate of drug-likeness (QED) is 0.720. The molecule has 3 heteroatoms. The van der Waals surface area contributed by atoms with Gasteiger partial charge in [-0.25, -0.2) is 0 Å². The van der Waals surface area contributed by atoms with E-state index in [9.17, 15) is 4.79 Å². The number of carbonyl (C=O) groups is 1. The van der Waals surface area contributed by atoms with Gasteiger partial charge < -0.3 is 9.64 Å². The van der Waals surface area contributed by atoms with Gasteiger partial charge >= 0.3 is 0 Å². The van der Waals surface area contributed by atoms with Crippen LogP contribution in [-0.4, -0.2) is 24.0 Å². The van der Waals surface area contributed by atoms with Crippen molar-refractivity contribution in [3.63, 3.8) is 0 Å². The van der Waals surface area contributed by atoms with Crippen molar-refractivity contribution in [2.24, 2.45) is 5.92 Å². The van der Waals surface area contributed by atoms with Crippen LogP contribution in [0.2, 0.25) is 0 Å². The van der Waals surface area contributed by atoms with Crippen LogP contribution in [0.1, 0.15) is 30.4 Å². The summed E-state index contributed by atoms with van der Waals surface area (Å²) in [5.41, 5.74) is 2.38. The molecule has 1 unspecified atom stereocenters. The summed E-state index contributed by atoms with van der Waals surface area (Å²) in [5.74, 6) is 0.395. The zero-order valence-electron chi connectivity index (χ0n) is 14.1. The molecule has 1 aliphatic heterocycles. The van der Waals surface area contributed by atoms with E-state index in [-0.39, 0.29) is 11.8 Å². The number of carbonyl (C=O) groups excluding carboxylic acids is 1. The van der Waals surface area contributed by atoms with Gasteiger partial charge in [0.15, 0.2) is 0 Å². The fourth-order valence-electron chi connectivity index (χ4n) is 3.24. The van der Waals surface area contributed by atoms with Crippen molar-refractivity contribution in [3.05, 3.63) is 71.8 Å². The number of hydrogen-bond acceptors (Lipinski definition) is 2. The van der Waals surface area contributed by atoms with E-state index >= 15 is 0 Å². The second-order valence-corrected chi connectivity index (χ2v) is 6.41. The van der Waals surface area contributed by atoms with Crippen LogP contribution in [0, 0.1) is 5.92 Å². The first-order chi connectivity index (χ1) is 11.8. The Morgan fingerprint density at radius 3 is 2.33 bits per heavy atom. The van der Waals surface area contributed by atoms with Crippen LogP contribution in [0.4, 0.5) is 0 Å². The topological polar surface area (TPSA) is 29.5 Å². The maximum Gasteiger partial charge on any atom is 0.226 e. The van der Waals surface area contributed by atoms with Crippen molar-refractivity contribution in [1.82, 2.24) is 4.90 Å². The zero-order chi connectivity index (χ0) is 16.6. The molecule has 0 bridgehead atoms. The Kier molecular flexibility index (Phi) is 6.02. The van der Waals surface area contributed by atoms with Gasteiger partial charge in [0.2, 0.25) is 5.91 Å². The van der Waals surface area contributed by atoms with Crippen LogP contribution in [-0.2, 0) is 22.7 Å². The number of nitrogens with zero attached hydrogens (tertiary/aromatic N) is 1. The first kappa shape index (κ1) is 16.7. The standard InChI is InChI=1S/C21H25NO2/c23-21-20(13-15-24-17-19-10-5-2-6-11-19)12-7-14-22(21)16-18-8-3-1-4-9-18/h1-6,8-11,20H,7,12-17H2. The van der Waals surface area contributed by atoms with E-state index in [0.717, 1.165) is 32.4 Å². The number of hydrogen-bond donors (Lipinski definition) is 0. The normalized spacial score (nSPS) is 17.9. The summed E-state index contributed by atoms with van der Waals surface area (Å²) in [6, 6.07) is 20.4. The van der Waals surface area contributed by atoms with E-state index in [1.165, 1.54) is 11.1 Å². The molecule has 1 aliphatic rings.